The Hall–Kier alpha value is -1.52. The Bertz CT molecular complexity index is 830. The molecule has 0 aliphatic carbocycles. The van der Waals surface area contributed by atoms with E-state index in [2.05, 4.69) is 21.2 Å². The SMILES string of the molecule is CS(=O)(=O)Nc1c(F)cc(CNC(=O)c2ccc(Br)s2)cc1F. The summed E-state index contributed by atoms with van der Waals surface area (Å²) in [4.78, 5) is 12.3. The van der Waals surface area contributed by atoms with E-state index < -0.39 is 27.3 Å². The predicted octanol–water partition coefficient (Wildman–Crippen LogP) is 3.09. The molecule has 1 heterocycles. The van der Waals surface area contributed by atoms with Crippen molar-refractivity contribution in [2.45, 2.75) is 6.54 Å². The smallest absolute Gasteiger partial charge is 0.261 e. The quantitative estimate of drug-likeness (QED) is 0.773. The van der Waals surface area contributed by atoms with Crippen LogP contribution in [-0.2, 0) is 16.6 Å². The number of thiophene rings is 1. The number of benzene rings is 1. The lowest BCUT2D eigenvalue weighted by Gasteiger charge is -2.10. The number of hydrogen-bond acceptors (Lipinski definition) is 4. The molecular weight excluding hydrogens is 414 g/mol. The lowest BCUT2D eigenvalue weighted by atomic mass is 10.2. The summed E-state index contributed by atoms with van der Waals surface area (Å²) in [6, 6.07) is 5.25. The minimum Gasteiger partial charge on any atom is -0.347 e. The van der Waals surface area contributed by atoms with Crippen LogP contribution in [0.2, 0.25) is 0 Å². The van der Waals surface area contributed by atoms with Gasteiger partial charge in [0.2, 0.25) is 10.0 Å². The number of sulfonamides is 1. The molecule has 2 rings (SSSR count). The van der Waals surface area contributed by atoms with Crippen LogP contribution < -0.4 is 10.0 Å². The molecule has 1 aromatic heterocycles. The van der Waals surface area contributed by atoms with E-state index in [-0.39, 0.29) is 18.0 Å². The molecule has 0 saturated carbocycles. The van der Waals surface area contributed by atoms with Gasteiger partial charge in [0.15, 0.2) is 11.6 Å². The van der Waals surface area contributed by atoms with Crippen LogP contribution >= 0.6 is 27.3 Å². The summed E-state index contributed by atoms with van der Waals surface area (Å²) in [5.74, 6) is -2.49. The number of halogens is 3. The third-order valence-corrected chi connectivity index (χ3v) is 4.84. The Morgan fingerprint density at radius 1 is 1.26 bits per heavy atom. The van der Waals surface area contributed by atoms with Crippen molar-refractivity contribution in [1.82, 2.24) is 5.32 Å². The average Bonchev–Trinajstić information content (AvgIpc) is 2.86. The molecule has 23 heavy (non-hydrogen) atoms. The largest absolute Gasteiger partial charge is 0.347 e. The summed E-state index contributed by atoms with van der Waals surface area (Å²) in [5.41, 5.74) is -0.576. The van der Waals surface area contributed by atoms with E-state index in [9.17, 15) is 22.0 Å². The summed E-state index contributed by atoms with van der Waals surface area (Å²) >= 11 is 4.46. The Kier molecular flexibility index (Phi) is 5.37. The second-order valence-electron chi connectivity index (χ2n) is 4.60. The zero-order chi connectivity index (χ0) is 17.2. The van der Waals surface area contributed by atoms with Gasteiger partial charge in [-0.05, 0) is 45.8 Å². The Balaban J connectivity index is 2.11. The number of anilines is 1. The minimum atomic E-state index is -3.80. The van der Waals surface area contributed by atoms with Crippen molar-refractivity contribution in [3.8, 4) is 0 Å². The van der Waals surface area contributed by atoms with Gasteiger partial charge in [-0.1, -0.05) is 0 Å². The normalized spacial score (nSPS) is 11.3. The number of hydrogen-bond donors (Lipinski definition) is 2. The van der Waals surface area contributed by atoms with Crippen LogP contribution in [0.15, 0.2) is 28.1 Å². The van der Waals surface area contributed by atoms with Crippen molar-refractivity contribution >= 4 is 48.9 Å². The van der Waals surface area contributed by atoms with Crippen molar-refractivity contribution in [1.29, 1.82) is 0 Å². The number of carbonyl (C=O) groups excluding carboxylic acids is 1. The van der Waals surface area contributed by atoms with Crippen LogP contribution in [0.3, 0.4) is 0 Å². The van der Waals surface area contributed by atoms with E-state index >= 15 is 0 Å². The first-order chi connectivity index (χ1) is 10.7. The molecule has 2 N–H and O–H groups in total. The van der Waals surface area contributed by atoms with Gasteiger partial charge >= 0.3 is 0 Å². The summed E-state index contributed by atoms with van der Waals surface area (Å²) in [6.07, 6.45) is 0.791. The van der Waals surface area contributed by atoms with Crippen molar-refractivity contribution < 1.29 is 22.0 Å². The van der Waals surface area contributed by atoms with Crippen LogP contribution in [0.1, 0.15) is 15.2 Å². The molecule has 0 spiro atoms. The molecular formula is C13H11BrF2N2O3S2. The third kappa shape index (κ3) is 4.98. The first kappa shape index (κ1) is 17.8. The van der Waals surface area contributed by atoms with Crippen molar-refractivity contribution in [2.24, 2.45) is 0 Å². The molecule has 0 saturated heterocycles. The summed E-state index contributed by atoms with van der Waals surface area (Å²) in [7, 11) is -3.80. The minimum absolute atomic E-state index is 0.0959. The molecule has 124 valence electrons. The van der Waals surface area contributed by atoms with E-state index in [1.807, 2.05) is 0 Å². The van der Waals surface area contributed by atoms with Gasteiger partial charge in [-0.2, -0.15) is 0 Å². The van der Waals surface area contributed by atoms with Crippen molar-refractivity contribution in [3.63, 3.8) is 0 Å². The van der Waals surface area contributed by atoms with Crippen molar-refractivity contribution in [2.75, 3.05) is 11.0 Å². The van der Waals surface area contributed by atoms with Crippen molar-refractivity contribution in [3.05, 3.63) is 50.1 Å². The standard InChI is InChI=1S/C13H11BrF2N2O3S2/c1-23(20,21)18-12-8(15)4-7(5-9(12)16)6-17-13(19)10-2-3-11(14)22-10/h2-5,18H,6H2,1H3,(H,17,19). The van der Waals surface area contributed by atoms with Gasteiger partial charge in [-0.15, -0.1) is 11.3 Å². The van der Waals surface area contributed by atoms with Crippen LogP contribution in [0, 0.1) is 11.6 Å². The third-order valence-electron chi connectivity index (χ3n) is 2.64. The first-order valence-electron chi connectivity index (χ1n) is 6.15. The molecule has 0 atom stereocenters. The highest BCUT2D eigenvalue weighted by molar-refractivity contribution is 9.11. The molecule has 1 aromatic carbocycles. The Morgan fingerprint density at radius 3 is 2.35 bits per heavy atom. The van der Waals surface area contributed by atoms with E-state index in [0.717, 1.165) is 22.2 Å². The Morgan fingerprint density at radius 2 is 1.87 bits per heavy atom. The van der Waals surface area contributed by atoms with E-state index in [0.29, 0.717) is 4.88 Å². The number of carbonyl (C=O) groups is 1. The zero-order valence-electron chi connectivity index (χ0n) is 11.7. The lowest BCUT2D eigenvalue weighted by Crippen LogP contribution is -2.22. The highest BCUT2D eigenvalue weighted by Gasteiger charge is 2.15. The number of rotatable bonds is 5. The highest BCUT2D eigenvalue weighted by atomic mass is 79.9. The molecule has 10 heteroatoms. The Labute approximate surface area is 143 Å². The first-order valence-corrected chi connectivity index (χ1v) is 9.65. The fourth-order valence-electron chi connectivity index (χ4n) is 1.72. The molecule has 0 fully saturated rings. The second-order valence-corrected chi connectivity index (χ2v) is 8.81. The van der Waals surface area contributed by atoms with Crippen LogP contribution in [-0.4, -0.2) is 20.6 Å². The molecule has 0 aliphatic heterocycles. The molecule has 0 aliphatic rings. The highest BCUT2D eigenvalue weighted by Crippen LogP contribution is 2.23. The fraction of sp³-hybridized carbons (Fsp3) is 0.154. The van der Waals surface area contributed by atoms with Crippen LogP contribution in [0.5, 0.6) is 0 Å². The van der Waals surface area contributed by atoms with Gasteiger partial charge in [0, 0.05) is 6.54 Å². The lowest BCUT2D eigenvalue weighted by molar-refractivity contribution is 0.0955. The molecule has 5 nitrogen and oxygen atoms in total. The maximum Gasteiger partial charge on any atom is 0.261 e. The van der Waals surface area contributed by atoms with Gasteiger partial charge in [0.25, 0.3) is 5.91 Å². The predicted molar refractivity (Wildman–Crippen MR) is 88.0 cm³/mol. The maximum absolute atomic E-state index is 13.8. The van der Waals surface area contributed by atoms with Gasteiger partial charge in [0.1, 0.15) is 5.69 Å². The van der Waals surface area contributed by atoms with E-state index in [1.54, 1.807) is 16.9 Å². The van der Waals surface area contributed by atoms with Gasteiger partial charge in [0.05, 0.1) is 14.9 Å². The van der Waals surface area contributed by atoms with E-state index in [1.165, 1.54) is 11.3 Å². The second kappa shape index (κ2) is 6.93. The molecule has 1 amide bonds. The molecule has 0 bridgehead atoms. The van der Waals surface area contributed by atoms with Crippen LogP contribution in [0.25, 0.3) is 0 Å². The zero-order valence-corrected chi connectivity index (χ0v) is 14.9. The van der Waals surface area contributed by atoms with E-state index in [4.69, 9.17) is 0 Å². The number of amides is 1. The fourth-order valence-corrected chi connectivity index (χ4v) is 3.58. The summed E-state index contributed by atoms with van der Waals surface area (Å²) in [5, 5.41) is 2.53. The molecule has 0 radical (unpaired) electrons. The van der Waals surface area contributed by atoms with Crippen LogP contribution in [0.4, 0.5) is 14.5 Å². The summed E-state index contributed by atoms with van der Waals surface area (Å²) < 4.78 is 52.3. The number of nitrogens with one attached hydrogen (secondary N) is 2. The van der Waals surface area contributed by atoms with Gasteiger partial charge < -0.3 is 5.32 Å². The van der Waals surface area contributed by atoms with Gasteiger partial charge in [-0.25, -0.2) is 17.2 Å². The van der Waals surface area contributed by atoms with Gasteiger partial charge in [-0.3, -0.25) is 9.52 Å². The topological polar surface area (TPSA) is 75.3 Å². The monoisotopic (exact) mass is 424 g/mol. The average molecular weight is 425 g/mol. The molecule has 2 aromatic rings. The maximum atomic E-state index is 13.8. The summed E-state index contributed by atoms with van der Waals surface area (Å²) in [6.45, 7) is -0.0959. The molecule has 0 unspecified atom stereocenters.